The highest BCUT2D eigenvalue weighted by Gasteiger charge is 2.23. The quantitative estimate of drug-likeness (QED) is 0.324. The van der Waals surface area contributed by atoms with Gasteiger partial charge in [-0.1, -0.05) is 103 Å². The Kier molecular flexibility index (Phi) is 10.1. The fraction of sp³-hybridized carbons (Fsp3) is 0.310. The minimum atomic E-state index is -1.35. The van der Waals surface area contributed by atoms with Crippen LogP contribution in [0.2, 0.25) is 0 Å². The first-order chi connectivity index (χ1) is 15.3. The molecule has 1 N–H and O–H groups in total. The van der Waals surface area contributed by atoms with Crippen LogP contribution in [-0.2, 0) is 18.3 Å². The molecule has 0 fully saturated rings. The molecule has 0 amide bonds. The van der Waals surface area contributed by atoms with Gasteiger partial charge in [-0.25, -0.2) is 4.39 Å². The molecule has 0 aromatic heterocycles. The Balaban J connectivity index is 0.00000176. The molecule has 1 nitrogen and oxygen atoms in total. The van der Waals surface area contributed by atoms with E-state index in [1.165, 1.54) is 10.9 Å². The summed E-state index contributed by atoms with van der Waals surface area (Å²) in [7, 11) is 0.758. The molecule has 2 unspecified atom stereocenters. The predicted octanol–water partition coefficient (Wildman–Crippen LogP) is 8.23. The predicted molar refractivity (Wildman–Crippen MR) is 142 cm³/mol. The Morgan fingerprint density at radius 3 is 2.16 bits per heavy atom. The van der Waals surface area contributed by atoms with Crippen LogP contribution in [0.15, 0.2) is 91.1 Å². The average molecular weight is 450 g/mol. The molecule has 3 heteroatoms. The molecular formula is C29H37FNP. The number of rotatable bonds is 9. The second-order valence-electron chi connectivity index (χ2n) is 8.30. The van der Waals surface area contributed by atoms with Crippen LogP contribution in [0.4, 0.5) is 10.1 Å². The molecular weight excluding hydrogens is 412 g/mol. The Bertz CT molecular complexity index is 958. The largest absolute Gasteiger partial charge is 0.359 e. The van der Waals surface area contributed by atoms with Crippen molar-refractivity contribution in [2.24, 2.45) is 5.92 Å². The number of alkyl halides is 1. The zero-order chi connectivity index (χ0) is 23.6. The molecule has 0 aliphatic carbocycles. The number of nitrogens with one attached hydrogen (secondary N) is 1. The van der Waals surface area contributed by atoms with Crippen LogP contribution < -0.4 is 10.6 Å². The van der Waals surface area contributed by atoms with Crippen molar-refractivity contribution in [3.8, 4) is 0 Å². The van der Waals surface area contributed by atoms with E-state index in [2.05, 4.69) is 73.4 Å². The number of anilines is 1. The van der Waals surface area contributed by atoms with Crippen molar-refractivity contribution in [2.45, 2.75) is 52.9 Å². The standard InChI is InChI=1S/C27H31FNP.C2H6/c1-20(18-23-12-8-9-13-26(23)27(3,4)28)21(2)29-24-14-16-25(17-15-24)30-19-22-10-6-5-7-11-22;1-2/h5-17,20,29-30H,2,18-19H2,1,3-4H3;1-2H3. The maximum atomic E-state index is 14.6. The van der Waals surface area contributed by atoms with Gasteiger partial charge in [-0.3, -0.25) is 0 Å². The van der Waals surface area contributed by atoms with Gasteiger partial charge in [0.15, 0.2) is 0 Å². The molecule has 170 valence electrons. The van der Waals surface area contributed by atoms with Crippen LogP contribution in [0.3, 0.4) is 0 Å². The van der Waals surface area contributed by atoms with Gasteiger partial charge >= 0.3 is 0 Å². The number of halogens is 1. The van der Waals surface area contributed by atoms with Gasteiger partial charge in [0.25, 0.3) is 0 Å². The summed E-state index contributed by atoms with van der Waals surface area (Å²) in [5, 5.41) is 4.79. The second kappa shape index (κ2) is 12.6. The first kappa shape index (κ1) is 25.8. The second-order valence-corrected chi connectivity index (χ2v) is 9.59. The molecule has 0 saturated heterocycles. The lowest BCUT2D eigenvalue weighted by Crippen LogP contribution is -2.16. The number of hydrogen-bond donors (Lipinski definition) is 1. The third kappa shape index (κ3) is 7.92. The van der Waals surface area contributed by atoms with E-state index >= 15 is 0 Å². The lowest BCUT2D eigenvalue weighted by Gasteiger charge is -2.22. The highest BCUT2D eigenvalue weighted by Crippen LogP contribution is 2.30. The molecule has 3 aromatic rings. The summed E-state index contributed by atoms with van der Waals surface area (Å²) in [4.78, 5) is 0. The third-order valence-electron chi connectivity index (χ3n) is 5.31. The topological polar surface area (TPSA) is 12.0 Å². The van der Waals surface area contributed by atoms with Gasteiger partial charge in [0, 0.05) is 11.4 Å². The summed E-state index contributed by atoms with van der Waals surface area (Å²) in [5.74, 6) is 0.188. The molecule has 0 heterocycles. The van der Waals surface area contributed by atoms with E-state index in [1.807, 2.05) is 38.1 Å². The first-order valence-corrected chi connectivity index (χ1v) is 12.6. The van der Waals surface area contributed by atoms with Crippen LogP contribution in [0.25, 0.3) is 0 Å². The van der Waals surface area contributed by atoms with Gasteiger partial charge in [0.1, 0.15) is 5.67 Å². The van der Waals surface area contributed by atoms with Crippen molar-refractivity contribution < 1.29 is 4.39 Å². The molecule has 0 spiro atoms. The Morgan fingerprint density at radius 1 is 0.938 bits per heavy atom. The van der Waals surface area contributed by atoms with E-state index < -0.39 is 5.67 Å². The van der Waals surface area contributed by atoms with Crippen molar-refractivity contribution in [3.63, 3.8) is 0 Å². The van der Waals surface area contributed by atoms with Crippen LogP contribution in [0.5, 0.6) is 0 Å². The van der Waals surface area contributed by atoms with Gasteiger partial charge in [0.2, 0.25) is 0 Å². The van der Waals surface area contributed by atoms with E-state index in [9.17, 15) is 4.39 Å². The minimum absolute atomic E-state index is 0.188. The number of hydrogen-bond acceptors (Lipinski definition) is 1. The fourth-order valence-electron chi connectivity index (χ4n) is 3.51. The van der Waals surface area contributed by atoms with E-state index in [1.54, 1.807) is 13.8 Å². The maximum Gasteiger partial charge on any atom is 0.130 e. The first-order valence-electron chi connectivity index (χ1n) is 11.4. The molecule has 3 rings (SSSR count). The van der Waals surface area contributed by atoms with Crippen LogP contribution in [-0.4, -0.2) is 0 Å². The minimum Gasteiger partial charge on any atom is -0.359 e. The fourth-order valence-corrected chi connectivity index (χ4v) is 4.56. The molecule has 0 bridgehead atoms. The Labute approximate surface area is 196 Å². The molecule has 0 aliphatic heterocycles. The normalized spacial score (nSPS) is 12.2. The van der Waals surface area contributed by atoms with Crippen LogP contribution in [0.1, 0.15) is 51.3 Å². The molecule has 2 atom stereocenters. The summed E-state index contributed by atoms with van der Waals surface area (Å²) < 4.78 is 14.6. The molecule has 0 saturated carbocycles. The van der Waals surface area contributed by atoms with Crippen molar-refractivity contribution in [1.29, 1.82) is 0 Å². The van der Waals surface area contributed by atoms with Crippen LogP contribution in [0, 0.1) is 5.92 Å². The molecule has 0 aliphatic rings. The number of benzene rings is 3. The van der Waals surface area contributed by atoms with E-state index in [0.29, 0.717) is 0 Å². The van der Waals surface area contributed by atoms with Gasteiger partial charge in [-0.05, 0) is 66.5 Å². The molecule has 3 aromatic carbocycles. The van der Waals surface area contributed by atoms with Crippen molar-refractivity contribution in [1.82, 2.24) is 0 Å². The van der Waals surface area contributed by atoms with Gasteiger partial charge < -0.3 is 5.32 Å². The van der Waals surface area contributed by atoms with Crippen LogP contribution >= 0.6 is 8.58 Å². The Hall–Kier alpha value is -2.44. The lowest BCUT2D eigenvalue weighted by molar-refractivity contribution is 0.219. The molecule has 32 heavy (non-hydrogen) atoms. The van der Waals surface area contributed by atoms with E-state index in [-0.39, 0.29) is 5.92 Å². The van der Waals surface area contributed by atoms with E-state index in [4.69, 9.17) is 0 Å². The summed E-state index contributed by atoms with van der Waals surface area (Å²) in [6, 6.07) is 27.0. The highest BCUT2D eigenvalue weighted by atomic mass is 31.1. The zero-order valence-corrected chi connectivity index (χ0v) is 21.1. The summed E-state index contributed by atoms with van der Waals surface area (Å²) in [5.41, 5.74) is 3.81. The molecule has 0 radical (unpaired) electrons. The monoisotopic (exact) mass is 449 g/mol. The number of allylic oxidation sites excluding steroid dienone is 1. The smallest absolute Gasteiger partial charge is 0.130 e. The summed E-state index contributed by atoms with van der Waals surface area (Å²) >= 11 is 0. The SMILES string of the molecule is C=C(Nc1ccc(PCc2ccccc2)cc1)C(C)Cc1ccccc1C(C)(C)F.CC. The summed E-state index contributed by atoms with van der Waals surface area (Å²) in [6.07, 6.45) is 1.83. The van der Waals surface area contributed by atoms with E-state index in [0.717, 1.165) is 43.7 Å². The summed E-state index contributed by atoms with van der Waals surface area (Å²) in [6.45, 7) is 13.6. The average Bonchev–Trinajstić information content (AvgIpc) is 2.80. The highest BCUT2D eigenvalue weighted by molar-refractivity contribution is 7.46. The van der Waals surface area contributed by atoms with Crippen molar-refractivity contribution >= 4 is 19.6 Å². The Morgan fingerprint density at radius 2 is 1.53 bits per heavy atom. The van der Waals surface area contributed by atoms with Gasteiger partial charge in [-0.2, -0.15) is 0 Å². The van der Waals surface area contributed by atoms with Gasteiger partial charge in [0.05, 0.1) is 0 Å². The zero-order valence-electron chi connectivity index (χ0n) is 20.1. The maximum absolute atomic E-state index is 14.6. The lowest BCUT2D eigenvalue weighted by atomic mass is 9.89. The van der Waals surface area contributed by atoms with Crippen molar-refractivity contribution in [2.75, 3.05) is 5.32 Å². The van der Waals surface area contributed by atoms with Gasteiger partial charge in [-0.15, -0.1) is 0 Å². The third-order valence-corrected chi connectivity index (χ3v) is 6.63. The van der Waals surface area contributed by atoms with Crippen molar-refractivity contribution in [3.05, 3.63) is 108 Å².